The number of nitrogens with two attached hydrogens (primary N) is 1. The molecule has 2 N–H and O–H groups in total. The molecule has 4 heteroatoms. The molecule has 0 bridgehead atoms. The number of anilines is 1. The lowest BCUT2D eigenvalue weighted by molar-refractivity contribution is -0.135. The fourth-order valence-electron chi connectivity index (χ4n) is 1.63. The molecule has 1 atom stereocenters. The van der Waals surface area contributed by atoms with Crippen LogP contribution in [0.15, 0.2) is 30.5 Å². The van der Waals surface area contributed by atoms with Gasteiger partial charge < -0.3 is 5.73 Å². The van der Waals surface area contributed by atoms with Gasteiger partial charge in [-0.25, -0.2) is 0 Å². The standard InChI is InChI=1S/C11H10N2O2/c12-8-4-2-6-13-10(8)7-3-1-5-9(14)11(7)15/h1-2,4-7H,3,12H2. The first-order chi connectivity index (χ1) is 7.20. The van der Waals surface area contributed by atoms with Gasteiger partial charge in [0.15, 0.2) is 0 Å². The summed E-state index contributed by atoms with van der Waals surface area (Å²) in [6.45, 7) is 0. The van der Waals surface area contributed by atoms with Crippen molar-refractivity contribution < 1.29 is 9.59 Å². The highest BCUT2D eigenvalue weighted by Gasteiger charge is 2.29. The van der Waals surface area contributed by atoms with Crippen molar-refractivity contribution >= 4 is 17.3 Å². The third kappa shape index (κ3) is 1.66. The Morgan fingerprint density at radius 2 is 2.20 bits per heavy atom. The number of carbonyl (C=O) groups excluding carboxylic acids is 2. The van der Waals surface area contributed by atoms with Crippen molar-refractivity contribution in [2.24, 2.45) is 0 Å². The Bertz CT molecular complexity index is 452. The van der Waals surface area contributed by atoms with Gasteiger partial charge in [0.1, 0.15) is 0 Å². The molecule has 76 valence electrons. The second-order valence-corrected chi connectivity index (χ2v) is 3.40. The molecule has 0 aliphatic heterocycles. The van der Waals surface area contributed by atoms with E-state index in [0.29, 0.717) is 17.8 Å². The van der Waals surface area contributed by atoms with E-state index < -0.39 is 17.5 Å². The van der Waals surface area contributed by atoms with Crippen LogP contribution >= 0.6 is 0 Å². The van der Waals surface area contributed by atoms with Crippen LogP contribution in [0.2, 0.25) is 0 Å². The number of Topliss-reactive ketones (excluding diaryl/α,β-unsaturated/α-hetero) is 1. The van der Waals surface area contributed by atoms with Gasteiger partial charge in [-0.05, 0) is 24.6 Å². The molecule has 0 spiro atoms. The molecule has 15 heavy (non-hydrogen) atoms. The zero-order valence-corrected chi connectivity index (χ0v) is 8.01. The molecule has 0 saturated heterocycles. The predicted molar refractivity (Wildman–Crippen MR) is 55.2 cm³/mol. The van der Waals surface area contributed by atoms with Crippen molar-refractivity contribution in [2.75, 3.05) is 5.73 Å². The van der Waals surface area contributed by atoms with E-state index in [4.69, 9.17) is 5.73 Å². The van der Waals surface area contributed by atoms with Gasteiger partial charge in [0, 0.05) is 6.20 Å². The van der Waals surface area contributed by atoms with E-state index in [-0.39, 0.29) is 0 Å². The van der Waals surface area contributed by atoms with Crippen LogP contribution in [0.4, 0.5) is 5.69 Å². The third-order valence-corrected chi connectivity index (χ3v) is 2.40. The molecule has 4 nitrogen and oxygen atoms in total. The Hall–Kier alpha value is -1.97. The second kappa shape index (κ2) is 3.65. The zero-order chi connectivity index (χ0) is 10.8. The van der Waals surface area contributed by atoms with Crippen LogP contribution in [-0.4, -0.2) is 16.6 Å². The summed E-state index contributed by atoms with van der Waals surface area (Å²) in [6, 6.07) is 3.38. The summed E-state index contributed by atoms with van der Waals surface area (Å²) in [6.07, 6.45) is 5.05. The molecule has 0 fully saturated rings. The molecule has 0 radical (unpaired) electrons. The van der Waals surface area contributed by atoms with Gasteiger partial charge in [0.05, 0.1) is 17.3 Å². The van der Waals surface area contributed by atoms with Crippen LogP contribution in [0.25, 0.3) is 0 Å². The topological polar surface area (TPSA) is 73.0 Å². The monoisotopic (exact) mass is 202 g/mol. The molecule has 0 saturated carbocycles. The normalized spacial score (nSPS) is 20.7. The minimum absolute atomic E-state index is 0.428. The number of allylic oxidation sites excluding steroid dienone is 2. The lowest BCUT2D eigenvalue weighted by atomic mass is 9.88. The summed E-state index contributed by atoms with van der Waals surface area (Å²) in [5.74, 6) is -1.41. The molecular weight excluding hydrogens is 192 g/mol. The van der Waals surface area contributed by atoms with Gasteiger partial charge >= 0.3 is 0 Å². The lowest BCUT2D eigenvalue weighted by Crippen LogP contribution is -2.24. The number of nitrogens with zero attached hydrogens (tertiary/aromatic N) is 1. The molecule has 1 aliphatic carbocycles. The number of nitrogen functional groups attached to an aromatic ring is 1. The van der Waals surface area contributed by atoms with Gasteiger partial charge in [-0.3, -0.25) is 14.6 Å². The van der Waals surface area contributed by atoms with Gasteiger partial charge in [-0.2, -0.15) is 0 Å². The fourth-order valence-corrected chi connectivity index (χ4v) is 1.63. The number of hydrogen-bond donors (Lipinski definition) is 1. The molecule has 1 aromatic rings. The van der Waals surface area contributed by atoms with Crippen molar-refractivity contribution in [1.82, 2.24) is 4.98 Å². The zero-order valence-electron chi connectivity index (χ0n) is 8.01. The average Bonchev–Trinajstić information content (AvgIpc) is 2.23. The summed E-state index contributed by atoms with van der Waals surface area (Å²) in [7, 11) is 0. The molecule has 1 heterocycles. The molecule has 0 amide bonds. The number of carbonyl (C=O) groups is 2. The number of pyridine rings is 1. The second-order valence-electron chi connectivity index (χ2n) is 3.40. The molecular formula is C11H10N2O2. The van der Waals surface area contributed by atoms with Crippen LogP contribution in [0, 0.1) is 0 Å². The smallest absolute Gasteiger partial charge is 0.221 e. The van der Waals surface area contributed by atoms with E-state index in [1.807, 2.05) is 0 Å². The van der Waals surface area contributed by atoms with Crippen LogP contribution in [0.5, 0.6) is 0 Å². The quantitative estimate of drug-likeness (QED) is 0.685. The first kappa shape index (κ1) is 9.58. The number of hydrogen-bond acceptors (Lipinski definition) is 4. The minimum atomic E-state index is -0.510. The van der Waals surface area contributed by atoms with E-state index in [0.717, 1.165) is 0 Å². The minimum Gasteiger partial charge on any atom is -0.397 e. The molecule has 1 aliphatic rings. The Morgan fingerprint density at radius 3 is 2.93 bits per heavy atom. The van der Waals surface area contributed by atoms with E-state index in [1.54, 1.807) is 24.4 Å². The maximum atomic E-state index is 11.6. The third-order valence-electron chi connectivity index (χ3n) is 2.40. The number of aromatic nitrogens is 1. The summed E-state index contributed by atoms with van der Waals surface area (Å²) in [5, 5.41) is 0. The largest absolute Gasteiger partial charge is 0.397 e. The van der Waals surface area contributed by atoms with E-state index in [1.165, 1.54) is 6.08 Å². The Morgan fingerprint density at radius 1 is 1.40 bits per heavy atom. The van der Waals surface area contributed by atoms with Crippen molar-refractivity contribution in [3.8, 4) is 0 Å². The fraction of sp³-hybridized carbons (Fsp3) is 0.182. The van der Waals surface area contributed by atoms with E-state index in [9.17, 15) is 9.59 Å². The van der Waals surface area contributed by atoms with Gasteiger partial charge in [0.2, 0.25) is 11.6 Å². The Kier molecular flexibility index (Phi) is 2.33. The van der Waals surface area contributed by atoms with Crippen molar-refractivity contribution in [3.63, 3.8) is 0 Å². The maximum absolute atomic E-state index is 11.6. The SMILES string of the molecule is Nc1cccnc1C1CC=CC(=O)C1=O. The van der Waals surface area contributed by atoms with E-state index >= 15 is 0 Å². The highest BCUT2D eigenvalue weighted by Crippen LogP contribution is 2.26. The highest BCUT2D eigenvalue weighted by molar-refractivity contribution is 6.44. The number of ketones is 2. The van der Waals surface area contributed by atoms with Crippen LogP contribution in [0.3, 0.4) is 0 Å². The van der Waals surface area contributed by atoms with Gasteiger partial charge in [-0.15, -0.1) is 0 Å². The van der Waals surface area contributed by atoms with E-state index in [2.05, 4.69) is 4.98 Å². The lowest BCUT2D eigenvalue weighted by Gasteiger charge is -2.16. The first-order valence-electron chi connectivity index (χ1n) is 4.65. The molecule has 2 rings (SSSR count). The average molecular weight is 202 g/mol. The Balaban J connectivity index is 2.40. The summed E-state index contributed by atoms with van der Waals surface area (Å²) >= 11 is 0. The van der Waals surface area contributed by atoms with Crippen molar-refractivity contribution in [1.29, 1.82) is 0 Å². The predicted octanol–water partition coefficient (Wildman–Crippen LogP) is 0.846. The van der Waals surface area contributed by atoms with Crippen LogP contribution in [-0.2, 0) is 9.59 Å². The molecule has 0 aromatic carbocycles. The summed E-state index contributed by atoms with van der Waals surface area (Å²) < 4.78 is 0. The maximum Gasteiger partial charge on any atom is 0.221 e. The number of rotatable bonds is 1. The molecule has 1 unspecified atom stereocenters. The van der Waals surface area contributed by atoms with Crippen molar-refractivity contribution in [2.45, 2.75) is 12.3 Å². The Labute approximate surface area is 86.8 Å². The summed E-state index contributed by atoms with van der Waals surface area (Å²) in [5.41, 5.74) is 6.67. The van der Waals surface area contributed by atoms with Crippen LogP contribution < -0.4 is 5.73 Å². The van der Waals surface area contributed by atoms with Gasteiger partial charge in [0.25, 0.3) is 0 Å². The summed E-state index contributed by atoms with van der Waals surface area (Å²) in [4.78, 5) is 26.8. The van der Waals surface area contributed by atoms with Crippen LogP contribution in [0.1, 0.15) is 18.0 Å². The highest BCUT2D eigenvalue weighted by atomic mass is 16.2. The first-order valence-corrected chi connectivity index (χ1v) is 4.65. The molecule has 1 aromatic heterocycles. The van der Waals surface area contributed by atoms with Gasteiger partial charge in [-0.1, -0.05) is 6.08 Å². The van der Waals surface area contributed by atoms with Crippen molar-refractivity contribution in [3.05, 3.63) is 36.2 Å².